The smallest absolute Gasteiger partial charge is 0.344 e. The number of hydrogen-bond donors (Lipinski definition) is 1. The standard InChI is InChI=1S/C16H22ClNO4S/c1-3-5-12(18-21-9-11(2)17)14-13(19)8-16(22-15(14)20)6-4-7-23-10-16/h19H,2-10H2,1H3. The van der Waals surface area contributed by atoms with Gasteiger partial charge in [-0.05, 0) is 25.0 Å². The van der Waals surface area contributed by atoms with Crippen molar-refractivity contribution in [2.24, 2.45) is 5.16 Å². The summed E-state index contributed by atoms with van der Waals surface area (Å²) in [7, 11) is 0. The van der Waals surface area contributed by atoms with Crippen LogP contribution in [-0.4, -0.2) is 40.5 Å². The summed E-state index contributed by atoms with van der Waals surface area (Å²) in [6.45, 7) is 5.53. The Kier molecular flexibility index (Phi) is 6.41. The Bertz CT molecular complexity index is 538. The lowest BCUT2D eigenvalue weighted by Gasteiger charge is -2.39. The minimum absolute atomic E-state index is 0.0456. The van der Waals surface area contributed by atoms with Gasteiger partial charge in [0.2, 0.25) is 0 Å². The van der Waals surface area contributed by atoms with Gasteiger partial charge in [-0.25, -0.2) is 4.79 Å². The molecule has 1 unspecified atom stereocenters. The normalized spacial score (nSPS) is 25.5. The molecule has 0 radical (unpaired) electrons. The van der Waals surface area contributed by atoms with E-state index in [1.54, 1.807) is 11.8 Å². The van der Waals surface area contributed by atoms with E-state index in [2.05, 4.69) is 11.7 Å². The largest absolute Gasteiger partial charge is 0.511 e. The number of ether oxygens (including phenoxy) is 1. The van der Waals surface area contributed by atoms with Crippen LogP contribution in [0.25, 0.3) is 0 Å². The van der Waals surface area contributed by atoms with E-state index in [1.807, 2.05) is 6.92 Å². The molecule has 0 aromatic heterocycles. The van der Waals surface area contributed by atoms with Crippen LogP contribution >= 0.6 is 23.4 Å². The van der Waals surface area contributed by atoms with Crippen molar-refractivity contribution < 1.29 is 19.5 Å². The van der Waals surface area contributed by atoms with Gasteiger partial charge in [0.25, 0.3) is 0 Å². The number of nitrogens with zero attached hydrogens (tertiary/aromatic N) is 1. The molecule has 1 saturated heterocycles. The third kappa shape index (κ3) is 4.67. The summed E-state index contributed by atoms with van der Waals surface area (Å²) in [4.78, 5) is 17.6. The number of aliphatic hydroxyl groups excluding tert-OH is 1. The Morgan fingerprint density at radius 3 is 2.96 bits per heavy atom. The highest BCUT2D eigenvalue weighted by molar-refractivity contribution is 7.99. The van der Waals surface area contributed by atoms with Crippen LogP contribution in [0.3, 0.4) is 0 Å². The zero-order chi connectivity index (χ0) is 16.9. The molecule has 0 aromatic rings. The fourth-order valence-corrected chi connectivity index (χ4v) is 3.98. The Labute approximate surface area is 145 Å². The van der Waals surface area contributed by atoms with Gasteiger partial charge in [0, 0.05) is 12.2 Å². The Morgan fingerprint density at radius 1 is 1.61 bits per heavy atom. The minimum atomic E-state index is -0.573. The van der Waals surface area contributed by atoms with E-state index in [0.717, 1.165) is 30.8 Å². The van der Waals surface area contributed by atoms with Crippen LogP contribution in [0.15, 0.2) is 28.1 Å². The van der Waals surface area contributed by atoms with E-state index < -0.39 is 11.6 Å². The fraction of sp³-hybridized carbons (Fsp3) is 0.625. The molecular formula is C16H22ClNO4S. The van der Waals surface area contributed by atoms with Gasteiger partial charge in [0.1, 0.15) is 16.9 Å². The molecular weight excluding hydrogens is 338 g/mol. The number of rotatable bonds is 6. The third-order valence-corrected chi connectivity index (χ3v) is 5.17. The Hall–Kier alpha value is -1.14. The summed E-state index contributed by atoms with van der Waals surface area (Å²) in [6, 6.07) is 0. The molecule has 0 bridgehead atoms. The van der Waals surface area contributed by atoms with E-state index in [-0.39, 0.29) is 17.9 Å². The summed E-state index contributed by atoms with van der Waals surface area (Å²) in [5.41, 5.74) is -0.0459. The first-order valence-electron chi connectivity index (χ1n) is 7.73. The maximum absolute atomic E-state index is 12.5. The third-order valence-electron chi connectivity index (χ3n) is 3.75. The van der Waals surface area contributed by atoms with E-state index >= 15 is 0 Å². The summed E-state index contributed by atoms with van der Waals surface area (Å²) in [6.07, 6.45) is 3.37. The molecule has 0 saturated carbocycles. The highest BCUT2D eigenvalue weighted by atomic mass is 35.5. The van der Waals surface area contributed by atoms with Crippen molar-refractivity contribution in [1.29, 1.82) is 0 Å². The molecule has 23 heavy (non-hydrogen) atoms. The van der Waals surface area contributed by atoms with Gasteiger partial charge in [-0.3, -0.25) is 0 Å². The molecule has 5 nitrogen and oxygen atoms in total. The molecule has 0 aromatic carbocycles. The first-order chi connectivity index (χ1) is 11.0. The number of carbonyl (C=O) groups excluding carboxylic acids is 1. The topological polar surface area (TPSA) is 68.1 Å². The van der Waals surface area contributed by atoms with Crippen molar-refractivity contribution in [3.05, 3.63) is 22.9 Å². The van der Waals surface area contributed by atoms with Crippen LogP contribution < -0.4 is 0 Å². The van der Waals surface area contributed by atoms with Crippen LogP contribution in [0.4, 0.5) is 0 Å². The molecule has 7 heteroatoms. The summed E-state index contributed by atoms with van der Waals surface area (Å²) >= 11 is 7.39. The monoisotopic (exact) mass is 359 g/mol. The average molecular weight is 360 g/mol. The molecule has 1 spiro atoms. The van der Waals surface area contributed by atoms with E-state index in [9.17, 15) is 9.90 Å². The lowest BCUT2D eigenvalue weighted by atomic mass is 9.88. The number of oxime groups is 1. The van der Waals surface area contributed by atoms with Crippen LogP contribution in [-0.2, 0) is 14.4 Å². The van der Waals surface area contributed by atoms with Crippen LogP contribution in [0.2, 0.25) is 0 Å². The fourth-order valence-electron chi connectivity index (χ4n) is 2.76. The lowest BCUT2D eigenvalue weighted by Crippen LogP contribution is -2.45. The summed E-state index contributed by atoms with van der Waals surface area (Å²) in [5, 5.41) is 14.7. The van der Waals surface area contributed by atoms with Gasteiger partial charge < -0.3 is 14.7 Å². The van der Waals surface area contributed by atoms with Crippen LogP contribution in [0.5, 0.6) is 0 Å². The Balaban J connectivity index is 2.21. The molecule has 1 atom stereocenters. The molecule has 2 heterocycles. The molecule has 1 N–H and O–H groups in total. The SMILES string of the molecule is C=C(Cl)CON=C(CCC)C1=C(O)CC2(CCCSC2)OC1=O. The predicted octanol–water partition coefficient (Wildman–Crippen LogP) is 3.94. The van der Waals surface area contributed by atoms with Crippen molar-refractivity contribution in [3.63, 3.8) is 0 Å². The highest BCUT2D eigenvalue weighted by Crippen LogP contribution is 2.39. The van der Waals surface area contributed by atoms with Crippen molar-refractivity contribution in [2.45, 2.75) is 44.6 Å². The maximum atomic E-state index is 12.5. The first-order valence-corrected chi connectivity index (χ1v) is 9.26. The molecule has 2 rings (SSSR count). The summed E-state index contributed by atoms with van der Waals surface area (Å²) < 4.78 is 5.69. The molecule has 0 amide bonds. The number of esters is 1. The van der Waals surface area contributed by atoms with Crippen molar-refractivity contribution >= 4 is 35.0 Å². The average Bonchev–Trinajstić information content (AvgIpc) is 2.46. The molecule has 0 aliphatic carbocycles. The first kappa shape index (κ1) is 18.2. The lowest BCUT2D eigenvalue weighted by molar-refractivity contribution is -0.156. The van der Waals surface area contributed by atoms with Crippen molar-refractivity contribution in [3.8, 4) is 0 Å². The van der Waals surface area contributed by atoms with E-state index in [4.69, 9.17) is 21.2 Å². The van der Waals surface area contributed by atoms with Crippen molar-refractivity contribution in [2.75, 3.05) is 18.1 Å². The van der Waals surface area contributed by atoms with E-state index in [0.29, 0.717) is 23.6 Å². The quantitative estimate of drug-likeness (QED) is 0.442. The zero-order valence-electron chi connectivity index (χ0n) is 13.3. The number of halogens is 1. The van der Waals surface area contributed by atoms with Gasteiger partial charge >= 0.3 is 5.97 Å². The van der Waals surface area contributed by atoms with Crippen LogP contribution in [0.1, 0.15) is 39.0 Å². The van der Waals surface area contributed by atoms with Gasteiger partial charge in [0.15, 0.2) is 6.61 Å². The van der Waals surface area contributed by atoms with Gasteiger partial charge in [0.05, 0.1) is 10.7 Å². The Morgan fingerprint density at radius 2 is 2.39 bits per heavy atom. The minimum Gasteiger partial charge on any atom is -0.511 e. The van der Waals surface area contributed by atoms with Gasteiger partial charge in [-0.1, -0.05) is 36.7 Å². The number of hydrogen-bond acceptors (Lipinski definition) is 6. The second-order valence-corrected chi connectivity index (χ2v) is 7.45. The maximum Gasteiger partial charge on any atom is 0.344 e. The molecule has 1 fully saturated rings. The van der Waals surface area contributed by atoms with Gasteiger partial charge in [-0.15, -0.1) is 0 Å². The molecule has 2 aliphatic heterocycles. The van der Waals surface area contributed by atoms with Gasteiger partial charge in [-0.2, -0.15) is 11.8 Å². The number of thioether (sulfide) groups is 1. The summed E-state index contributed by atoms with van der Waals surface area (Å²) in [5.74, 6) is 1.31. The van der Waals surface area contributed by atoms with Crippen molar-refractivity contribution in [1.82, 2.24) is 0 Å². The molecule has 128 valence electrons. The predicted molar refractivity (Wildman–Crippen MR) is 92.9 cm³/mol. The molecule has 2 aliphatic rings. The number of aliphatic hydroxyl groups is 1. The second kappa shape index (κ2) is 8.11. The zero-order valence-corrected chi connectivity index (χ0v) is 14.8. The number of carbonyl (C=O) groups is 1. The highest BCUT2D eigenvalue weighted by Gasteiger charge is 2.44. The second-order valence-electron chi connectivity index (χ2n) is 5.81. The van der Waals surface area contributed by atoms with E-state index in [1.165, 1.54) is 0 Å². The van der Waals surface area contributed by atoms with Crippen LogP contribution in [0, 0.1) is 0 Å².